The molecule has 0 saturated carbocycles. The number of hydrogen-bond acceptors (Lipinski definition) is 4. The van der Waals surface area contributed by atoms with Crippen LogP contribution in [0.2, 0.25) is 0 Å². The standard InChI is InChI=1S/C16H20FN3O4S/c1-11-15(21)18-8-10-19(11)16(22)14-3-2-9-20(14)25(23,24)13-6-4-12(17)5-7-13/h4-7,11,14H,2-3,8-10H2,1H3,(H,18,21). The fraction of sp³-hybridized carbons (Fsp3) is 0.500. The van der Waals surface area contributed by atoms with Crippen LogP contribution in [0.1, 0.15) is 19.8 Å². The maximum atomic E-state index is 13.1. The molecular weight excluding hydrogens is 349 g/mol. The van der Waals surface area contributed by atoms with Crippen molar-refractivity contribution in [3.8, 4) is 0 Å². The van der Waals surface area contributed by atoms with Crippen LogP contribution in [0.15, 0.2) is 29.2 Å². The molecular formula is C16H20FN3O4S. The molecule has 0 aliphatic carbocycles. The molecule has 0 aromatic heterocycles. The highest BCUT2D eigenvalue weighted by molar-refractivity contribution is 7.89. The molecule has 9 heteroatoms. The van der Waals surface area contributed by atoms with Gasteiger partial charge >= 0.3 is 0 Å². The predicted molar refractivity (Wildman–Crippen MR) is 87.5 cm³/mol. The minimum atomic E-state index is -3.90. The Bertz CT molecular complexity index is 781. The van der Waals surface area contributed by atoms with E-state index >= 15 is 0 Å². The Balaban J connectivity index is 1.86. The van der Waals surface area contributed by atoms with Gasteiger partial charge in [0.05, 0.1) is 4.90 Å². The summed E-state index contributed by atoms with van der Waals surface area (Å²) in [7, 11) is -3.90. The summed E-state index contributed by atoms with van der Waals surface area (Å²) >= 11 is 0. The topological polar surface area (TPSA) is 86.8 Å². The van der Waals surface area contributed by atoms with Gasteiger partial charge in [-0.15, -0.1) is 0 Å². The average Bonchev–Trinajstić information content (AvgIpc) is 3.08. The van der Waals surface area contributed by atoms with E-state index in [0.717, 1.165) is 12.1 Å². The largest absolute Gasteiger partial charge is 0.353 e. The maximum Gasteiger partial charge on any atom is 0.243 e. The van der Waals surface area contributed by atoms with Crippen LogP contribution in [-0.2, 0) is 19.6 Å². The number of nitrogens with zero attached hydrogens (tertiary/aromatic N) is 2. The quantitative estimate of drug-likeness (QED) is 0.832. The Morgan fingerprint density at radius 3 is 2.60 bits per heavy atom. The Hall–Kier alpha value is -2.00. The third-order valence-electron chi connectivity index (χ3n) is 4.69. The van der Waals surface area contributed by atoms with E-state index < -0.39 is 27.9 Å². The fourth-order valence-electron chi connectivity index (χ4n) is 3.29. The molecule has 1 aromatic carbocycles. The number of benzene rings is 1. The number of halogens is 1. The molecule has 7 nitrogen and oxygen atoms in total. The molecule has 2 saturated heterocycles. The zero-order valence-corrected chi connectivity index (χ0v) is 14.6. The second kappa shape index (κ2) is 6.72. The summed E-state index contributed by atoms with van der Waals surface area (Å²) in [5.41, 5.74) is 0. The monoisotopic (exact) mass is 369 g/mol. The van der Waals surface area contributed by atoms with Crippen molar-refractivity contribution >= 4 is 21.8 Å². The van der Waals surface area contributed by atoms with Gasteiger partial charge in [0.2, 0.25) is 21.8 Å². The van der Waals surface area contributed by atoms with Gasteiger partial charge in [-0.2, -0.15) is 4.31 Å². The van der Waals surface area contributed by atoms with Gasteiger partial charge in [-0.1, -0.05) is 0 Å². The first-order valence-electron chi connectivity index (χ1n) is 8.18. The minimum absolute atomic E-state index is 0.0435. The lowest BCUT2D eigenvalue weighted by Crippen LogP contribution is -2.59. The van der Waals surface area contributed by atoms with E-state index in [1.54, 1.807) is 6.92 Å². The van der Waals surface area contributed by atoms with Crippen LogP contribution in [-0.4, -0.2) is 61.2 Å². The van der Waals surface area contributed by atoms with Gasteiger partial charge in [0.25, 0.3) is 0 Å². The molecule has 136 valence electrons. The number of carbonyl (C=O) groups excluding carboxylic acids is 2. The first kappa shape index (κ1) is 17.8. The highest BCUT2D eigenvalue weighted by Crippen LogP contribution is 2.28. The number of nitrogens with one attached hydrogen (secondary N) is 1. The summed E-state index contributed by atoms with van der Waals surface area (Å²) in [4.78, 5) is 26.1. The van der Waals surface area contributed by atoms with Crippen molar-refractivity contribution in [1.29, 1.82) is 0 Å². The number of carbonyl (C=O) groups is 2. The van der Waals surface area contributed by atoms with Crippen molar-refractivity contribution < 1.29 is 22.4 Å². The Labute approximate surface area is 145 Å². The molecule has 0 radical (unpaired) electrons. The van der Waals surface area contributed by atoms with Gasteiger partial charge in [0.1, 0.15) is 17.9 Å². The van der Waals surface area contributed by atoms with Crippen LogP contribution >= 0.6 is 0 Å². The van der Waals surface area contributed by atoms with Crippen LogP contribution in [0.5, 0.6) is 0 Å². The summed E-state index contributed by atoms with van der Waals surface area (Å²) in [5, 5.41) is 2.68. The van der Waals surface area contributed by atoms with E-state index in [4.69, 9.17) is 0 Å². The van der Waals surface area contributed by atoms with Crippen molar-refractivity contribution in [2.75, 3.05) is 19.6 Å². The lowest BCUT2D eigenvalue weighted by atomic mass is 10.1. The van der Waals surface area contributed by atoms with Gasteiger partial charge in [-0.3, -0.25) is 9.59 Å². The smallest absolute Gasteiger partial charge is 0.243 e. The molecule has 2 atom stereocenters. The van der Waals surface area contributed by atoms with E-state index in [1.807, 2.05) is 0 Å². The Morgan fingerprint density at radius 2 is 1.92 bits per heavy atom. The van der Waals surface area contributed by atoms with E-state index in [1.165, 1.54) is 21.3 Å². The van der Waals surface area contributed by atoms with Crippen LogP contribution in [0, 0.1) is 5.82 Å². The zero-order valence-electron chi connectivity index (χ0n) is 13.8. The van der Waals surface area contributed by atoms with Crippen LogP contribution in [0.25, 0.3) is 0 Å². The van der Waals surface area contributed by atoms with Crippen LogP contribution < -0.4 is 5.32 Å². The van der Waals surface area contributed by atoms with E-state index in [9.17, 15) is 22.4 Å². The van der Waals surface area contributed by atoms with Crippen molar-refractivity contribution in [3.63, 3.8) is 0 Å². The molecule has 25 heavy (non-hydrogen) atoms. The third-order valence-corrected chi connectivity index (χ3v) is 6.61. The van der Waals surface area contributed by atoms with Gasteiger partial charge in [-0.05, 0) is 44.0 Å². The molecule has 1 aromatic rings. The number of sulfonamides is 1. The average molecular weight is 369 g/mol. The summed E-state index contributed by atoms with van der Waals surface area (Å²) in [5.74, 6) is -1.13. The summed E-state index contributed by atoms with van der Waals surface area (Å²) in [6.07, 6.45) is 0.968. The third kappa shape index (κ3) is 3.25. The first-order chi connectivity index (χ1) is 11.8. The lowest BCUT2D eigenvalue weighted by molar-refractivity contribution is -0.144. The second-order valence-corrected chi connectivity index (χ2v) is 8.12. The molecule has 1 N–H and O–H groups in total. The van der Waals surface area contributed by atoms with E-state index in [0.29, 0.717) is 25.9 Å². The minimum Gasteiger partial charge on any atom is -0.353 e. The van der Waals surface area contributed by atoms with Gasteiger partial charge < -0.3 is 10.2 Å². The van der Waals surface area contributed by atoms with Crippen molar-refractivity contribution in [2.24, 2.45) is 0 Å². The molecule has 3 rings (SSSR count). The highest BCUT2D eigenvalue weighted by atomic mass is 32.2. The SMILES string of the molecule is CC1C(=O)NCCN1C(=O)C1CCCN1S(=O)(=O)c1ccc(F)cc1. The number of hydrogen-bond donors (Lipinski definition) is 1. The summed E-state index contributed by atoms with van der Waals surface area (Å²) in [6.45, 7) is 2.56. The van der Waals surface area contributed by atoms with Crippen molar-refractivity contribution in [3.05, 3.63) is 30.1 Å². The highest BCUT2D eigenvalue weighted by Gasteiger charge is 2.43. The number of amides is 2. The molecule has 2 amide bonds. The van der Waals surface area contributed by atoms with Crippen LogP contribution in [0.3, 0.4) is 0 Å². The molecule has 2 fully saturated rings. The molecule has 2 heterocycles. The van der Waals surface area contributed by atoms with Crippen LogP contribution in [0.4, 0.5) is 4.39 Å². The van der Waals surface area contributed by atoms with Crippen molar-refractivity contribution in [1.82, 2.24) is 14.5 Å². The molecule has 0 bridgehead atoms. The van der Waals surface area contributed by atoms with Crippen molar-refractivity contribution in [2.45, 2.75) is 36.7 Å². The normalized spacial score (nSPS) is 25.0. The lowest BCUT2D eigenvalue weighted by Gasteiger charge is -2.36. The molecule has 2 aliphatic heterocycles. The van der Waals surface area contributed by atoms with Gasteiger partial charge in [-0.25, -0.2) is 12.8 Å². The van der Waals surface area contributed by atoms with E-state index in [-0.39, 0.29) is 23.3 Å². The Kier molecular flexibility index (Phi) is 4.79. The van der Waals surface area contributed by atoms with Gasteiger partial charge in [0.15, 0.2) is 0 Å². The van der Waals surface area contributed by atoms with E-state index in [2.05, 4.69) is 5.32 Å². The predicted octanol–water partition coefficient (Wildman–Crippen LogP) is 0.326. The Morgan fingerprint density at radius 1 is 1.24 bits per heavy atom. The second-order valence-electron chi connectivity index (χ2n) is 6.23. The fourth-order valence-corrected chi connectivity index (χ4v) is 4.94. The first-order valence-corrected chi connectivity index (χ1v) is 9.62. The zero-order chi connectivity index (χ0) is 18.2. The summed E-state index contributed by atoms with van der Waals surface area (Å²) in [6, 6.07) is 3.09. The number of piperazine rings is 1. The molecule has 0 spiro atoms. The number of rotatable bonds is 3. The molecule has 2 aliphatic rings. The maximum absolute atomic E-state index is 13.1. The summed E-state index contributed by atoms with van der Waals surface area (Å²) < 4.78 is 39.9. The van der Waals surface area contributed by atoms with Gasteiger partial charge in [0, 0.05) is 19.6 Å². The molecule has 2 unspecified atom stereocenters.